The number of fused-ring (bicyclic) bond motifs is 2. The van der Waals surface area contributed by atoms with E-state index in [1.807, 2.05) is 0 Å². The molecular weight excluding hydrogens is 326 g/mol. The normalized spacial score (nSPS) is 15.6. The van der Waals surface area contributed by atoms with Crippen molar-refractivity contribution >= 4 is 29.1 Å². The third-order valence-electron chi connectivity index (χ3n) is 3.94. The molecule has 0 saturated carbocycles. The molecular formula is C18H15NO4S. The topological polar surface area (TPSA) is 64.6 Å². The predicted molar refractivity (Wildman–Crippen MR) is 91.5 cm³/mol. The molecule has 0 atom stereocenters. The summed E-state index contributed by atoms with van der Waals surface area (Å²) in [6.45, 7) is 1.02. The van der Waals surface area contributed by atoms with Gasteiger partial charge in [-0.2, -0.15) is 0 Å². The number of amides is 1. The zero-order valence-corrected chi connectivity index (χ0v) is 13.7. The second-order valence-corrected chi connectivity index (χ2v) is 6.62. The Morgan fingerprint density at radius 3 is 2.79 bits per heavy atom. The zero-order chi connectivity index (χ0) is 16.5. The Kier molecular flexibility index (Phi) is 3.90. The Bertz CT molecular complexity index is 834. The fourth-order valence-corrected chi connectivity index (χ4v) is 3.94. The van der Waals surface area contributed by atoms with Crippen LogP contribution >= 0.6 is 11.8 Å². The number of anilines is 1. The third kappa shape index (κ3) is 2.73. The van der Waals surface area contributed by atoms with Gasteiger partial charge < -0.3 is 14.8 Å². The van der Waals surface area contributed by atoms with E-state index >= 15 is 0 Å². The van der Waals surface area contributed by atoms with E-state index in [-0.39, 0.29) is 11.7 Å². The Balaban J connectivity index is 1.61. The van der Waals surface area contributed by atoms with Crippen LogP contribution in [0.5, 0.6) is 11.5 Å². The molecule has 2 aromatic rings. The monoisotopic (exact) mass is 341 g/mol. The first-order chi connectivity index (χ1) is 11.7. The summed E-state index contributed by atoms with van der Waals surface area (Å²) in [5.74, 6) is 1.87. The van der Waals surface area contributed by atoms with Crippen molar-refractivity contribution < 1.29 is 19.1 Å². The van der Waals surface area contributed by atoms with Crippen LogP contribution in [0.1, 0.15) is 27.1 Å². The first-order valence-corrected chi connectivity index (χ1v) is 8.71. The van der Waals surface area contributed by atoms with Crippen LogP contribution in [-0.4, -0.2) is 30.7 Å². The van der Waals surface area contributed by atoms with Crippen LogP contribution in [0.2, 0.25) is 0 Å². The maximum atomic E-state index is 12.7. The second-order valence-electron chi connectivity index (χ2n) is 5.52. The number of thioether (sulfide) groups is 1. The molecule has 0 saturated heterocycles. The number of carbonyl (C=O) groups is 2. The Morgan fingerprint density at radius 1 is 1.08 bits per heavy atom. The number of benzene rings is 2. The molecule has 2 aliphatic heterocycles. The standard InChI is InChI=1S/C18H15NO4S/c20-14-6-9-24-17-12(14)2-1-3-13(17)18(21)19-11-4-5-15-16(10-11)23-8-7-22-15/h1-5,10H,6-9H2,(H,19,21). The lowest BCUT2D eigenvalue weighted by Crippen LogP contribution is -2.18. The smallest absolute Gasteiger partial charge is 0.256 e. The van der Waals surface area contributed by atoms with E-state index in [0.717, 1.165) is 4.90 Å². The minimum absolute atomic E-state index is 0.0951. The highest BCUT2D eigenvalue weighted by Crippen LogP contribution is 2.35. The minimum Gasteiger partial charge on any atom is -0.486 e. The molecule has 24 heavy (non-hydrogen) atoms. The van der Waals surface area contributed by atoms with Gasteiger partial charge in [0.1, 0.15) is 13.2 Å². The van der Waals surface area contributed by atoms with Gasteiger partial charge in [-0.1, -0.05) is 12.1 Å². The summed E-state index contributed by atoms with van der Waals surface area (Å²) in [6.07, 6.45) is 0.519. The highest BCUT2D eigenvalue weighted by molar-refractivity contribution is 7.99. The molecule has 122 valence electrons. The van der Waals surface area contributed by atoms with E-state index < -0.39 is 0 Å². The molecule has 4 rings (SSSR count). The average molecular weight is 341 g/mol. The summed E-state index contributed by atoms with van der Waals surface area (Å²) in [7, 11) is 0. The highest BCUT2D eigenvalue weighted by atomic mass is 32.2. The summed E-state index contributed by atoms with van der Waals surface area (Å²) in [6, 6.07) is 10.6. The largest absolute Gasteiger partial charge is 0.486 e. The molecule has 1 amide bonds. The van der Waals surface area contributed by atoms with E-state index in [9.17, 15) is 9.59 Å². The van der Waals surface area contributed by atoms with Crippen LogP contribution in [0.15, 0.2) is 41.3 Å². The molecule has 0 unspecified atom stereocenters. The highest BCUT2D eigenvalue weighted by Gasteiger charge is 2.23. The van der Waals surface area contributed by atoms with Crippen LogP contribution in [-0.2, 0) is 0 Å². The van der Waals surface area contributed by atoms with Crippen molar-refractivity contribution in [3.8, 4) is 11.5 Å². The summed E-state index contributed by atoms with van der Waals surface area (Å²) < 4.78 is 11.0. The lowest BCUT2D eigenvalue weighted by molar-refractivity contribution is 0.0984. The Labute approximate surface area is 143 Å². The summed E-state index contributed by atoms with van der Waals surface area (Å²) in [5, 5.41) is 2.87. The van der Waals surface area contributed by atoms with Gasteiger partial charge in [-0.25, -0.2) is 0 Å². The van der Waals surface area contributed by atoms with Crippen molar-refractivity contribution in [2.45, 2.75) is 11.3 Å². The van der Waals surface area contributed by atoms with E-state index in [0.29, 0.717) is 53.7 Å². The number of ether oxygens (including phenoxy) is 2. The molecule has 0 radical (unpaired) electrons. The lowest BCUT2D eigenvalue weighted by Gasteiger charge is -2.20. The first-order valence-electron chi connectivity index (χ1n) is 7.72. The molecule has 6 heteroatoms. The van der Waals surface area contributed by atoms with Crippen molar-refractivity contribution in [3.05, 3.63) is 47.5 Å². The molecule has 0 aromatic heterocycles. The Morgan fingerprint density at radius 2 is 1.92 bits per heavy atom. The quantitative estimate of drug-likeness (QED) is 0.907. The van der Waals surface area contributed by atoms with E-state index in [4.69, 9.17) is 9.47 Å². The SMILES string of the molecule is O=C1CCSc2c1cccc2C(=O)Nc1ccc2c(c1)OCCO2. The summed E-state index contributed by atoms with van der Waals surface area (Å²) in [4.78, 5) is 25.4. The first kappa shape index (κ1) is 15.1. The molecule has 1 N–H and O–H groups in total. The summed E-state index contributed by atoms with van der Waals surface area (Å²) in [5.41, 5.74) is 1.80. The van der Waals surface area contributed by atoms with Gasteiger partial charge in [-0.05, 0) is 18.2 Å². The number of hydrogen-bond donors (Lipinski definition) is 1. The molecule has 0 fully saturated rings. The van der Waals surface area contributed by atoms with Crippen LogP contribution in [0.4, 0.5) is 5.69 Å². The maximum Gasteiger partial charge on any atom is 0.256 e. The number of nitrogens with one attached hydrogen (secondary N) is 1. The van der Waals surface area contributed by atoms with Crippen molar-refractivity contribution in [2.24, 2.45) is 0 Å². The molecule has 0 aliphatic carbocycles. The van der Waals surface area contributed by atoms with Crippen molar-refractivity contribution in [1.82, 2.24) is 0 Å². The van der Waals surface area contributed by atoms with Gasteiger partial charge >= 0.3 is 0 Å². The fraction of sp³-hybridized carbons (Fsp3) is 0.222. The van der Waals surface area contributed by atoms with E-state index in [1.165, 1.54) is 0 Å². The van der Waals surface area contributed by atoms with Gasteiger partial charge in [-0.15, -0.1) is 11.8 Å². The fourth-order valence-electron chi connectivity index (χ4n) is 2.79. The molecule has 2 heterocycles. The van der Waals surface area contributed by atoms with Crippen LogP contribution in [0.25, 0.3) is 0 Å². The van der Waals surface area contributed by atoms with Crippen LogP contribution < -0.4 is 14.8 Å². The number of Topliss-reactive ketones (excluding diaryl/α,β-unsaturated/α-hetero) is 1. The third-order valence-corrected chi connectivity index (χ3v) is 5.07. The molecule has 0 spiro atoms. The van der Waals surface area contributed by atoms with Crippen LogP contribution in [0, 0.1) is 0 Å². The van der Waals surface area contributed by atoms with E-state index in [1.54, 1.807) is 48.2 Å². The van der Waals surface area contributed by atoms with Gasteiger partial charge in [0.05, 0.1) is 5.56 Å². The molecule has 0 bridgehead atoms. The van der Waals surface area contributed by atoms with Gasteiger partial charge in [0.25, 0.3) is 5.91 Å². The number of carbonyl (C=O) groups excluding carboxylic acids is 2. The van der Waals surface area contributed by atoms with E-state index in [2.05, 4.69) is 5.32 Å². The van der Waals surface area contributed by atoms with Gasteiger partial charge in [-0.3, -0.25) is 9.59 Å². The molecule has 5 nitrogen and oxygen atoms in total. The second kappa shape index (κ2) is 6.20. The summed E-state index contributed by atoms with van der Waals surface area (Å²) >= 11 is 1.55. The van der Waals surface area contributed by atoms with Gasteiger partial charge in [0, 0.05) is 34.4 Å². The average Bonchev–Trinajstić information content (AvgIpc) is 2.61. The van der Waals surface area contributed by atoms with Gasteiger partial charge in [0.2, 0.25) is 0 Å². The number of hydrogen-bond acceptors (Lipinski definition) is 5. The minimum atomic E-state index is -0.231. The molecule has 2 aliphatic rings. The number of rotatable bonds is 2. The van der Waals surface area contributed by atoms with Crippen molar-refractivity contribution in [2.75, 3.05) is 24.3 Å². The van der Waals surface area contributed by atoms with Gasteiger partial charge in [0.15, 0.2) is 17.3 Å². The molecule has 2 aromatic carbocycles. The number of ketones is 1. The lowest BCUT2D eigenvalue weighted by atomic mass is 10.0. The zero-order valence-electron chi connectivity index (χ0n) is 12.8. The Hall–Kier alpha value is -2.47. The van der Waals surface area contributed by atoms with Crippen molar-refractivity contribution in [3.63, 3.8) is 0 Å². The predicted octanol–water partition coefficient (Wildman–Crippen LogP) is 3.39. The maximum absolute atomic E-state index is 12.7. The van der Waals surface area contributed by atoms with Crippen LogP contribution in [0.3, 0.4) is 0 Å². The van der Waals surface area contributed by atoms with Crippen molar-refractivity contribution in [1.29, 1.82) is 0 Å².